The fourth-order valence-corrected chi connectivity index (χ4v) is 10.9. The smallest absolute Gasteiger partial charge is 0.395 e. The van der Waals surface area contributed by atoms with Gasteiger partial charge < -0.3 is 13.8 Å². The first-order valence-electron chi connectivity index (χ1n) is 9.98. The molecule has 0 aliphatic rings. The highest BCUT2D eigenvalue weighted by Gasteiger charge is 2.48. The van der Waals surface area contributed by atoms with Gasteiger partial charge >= 0.3 is 6.09 Å². The van der Waals surface area contributed by atoms with Crippen LogP contribution in [-0.4, -0.2) is 47.8 Å². The molecular formula is C19H43NO3Si2. The summed E-state index contributed by atoms with van der Waals surface area (Å²) >= 11 is 0. The average molecular weight is 390 g/mol. The maximum absolute atomic E-state index is 12.7. The minimum atomic E-state index is -2.15. The first-order valence-corrected chi connectivity index (χ1v) is 15.2. The van der Waals surface area contributed by atoms with E-state index >= 15 is 0 Å². The van der Waals surface area contributed by atoms with Gasteiger partial charge in [0.1, 0.15) is 0 Å². The van der Waals surface area contributed by atoms with Crippen LogP contribution in [0.5, 0.6) is 0 Å². The summed E-state index contributed by atoms with van der Waals surface area (Å²) in [4.78, 5) is 14.5. The lowest BCUT2D eigenvalue weighted by Crippen LogP contribution is -2.51. The van der Waals surface area contributed by atoms with Crippen LogP contribution in [0.15, 0.2) is 0 Å². The van der Waals surface area contributed by atoms with Crippen LogP contribution in [0.25, 0.3) is 0 Å². The molecule has 1 amide bonds. The molecule has 150 valence electrons. The van der Waals surface area contributed by atoms with E-state index in [-0.39, 0.29) is 6.09 Å². The summed E-state index contributed by atoms with van der Waals surface area (Å²) in [5.41, 5.74) is 1.25. The summed E-state index contributed by atoms with van der Waals surface area (Å²) in [7, 11) is -1.89. The number of hydrogen-bond acceptors (Lipinski definition) is 3. The summed E-state index contributed by atoms with van der Waals surface area (Å²) in [5.74, 6) is 0. The molecule has 0 bridgehead atoms. The summed E-state index contributed by atoms with van der Waals surface area (Å²) in [6, 6.07) is 1.08. The minimum absolute atomic E-state index is 0.142. The molecule has 0 spiro atoms. The molecule has 0 aliphatic carbocycles. The van der Waals surface area contributed by atoms with Crippen LogP contribution >= 0.6 is 0 Å². The molecule has 0 aromatic heterocycles. The van der Waals surface area contributed by atoms with Gasteiger partial charge in [-0.3, -0.25) is 0 Å². The van der Waals surface area contributed by atoms with E-state index in [0.717, 1.165) is 32.0 Å². The van der Waals surface area contributed by atoms with Gasteiger partial charge in [0, 0.05) is 20.2 Å². The Kier molecular flexibility index (Phi) is 10.6. The molecule has 0 saturated heterocycles. The fourth-order valence-electron chi connectivity index (χ4n) is 3.87. The Morgan fingerprint density at radius 2 is 1.48 bits per heavy atom. The molecule has 0 fully saturated rings. The third kappa shape index (κ3) is 7.43. The summed E-state index contributed by atoms with van der Waals surface area (Å²) < 4.78 is 12.2. The number of carbonyl (C=O) groups is 1. The molecule has 4 nitrogen and oxygen atoms in total. The second-order valence-corrected chi connectivity index (χ2v) is 18.5. The standard InChI is InChI=1S/C19H43NO3Si2/c1-11-14-22-24(9,10)15-12-13-20(8)19(21)23-25(16(2)3,17(4)5)18(6)7/h16-18H,11-15H2,1-10H3. The predicted molar refractivity (Wildman–Crippen MR) is 113 cm³/mol. The van der Waals surface area contributed by atoms with Crippen molar-refractivity contribution in [3.63, 3.8) is 0 Å². The summed E-state index contributed by atoms with van der Waals surface area (Å²) in [5, 5.41) is 0. The van der Waals surface area contributed by atoms with Gasteiger partial charge in [-0.25, -0.2) is 4.79 Å². The van der Waals surface area contributed by atoms with Crippen molar-refractivity contribution in [3.8, 4) is 0 Å². The molecule has 0 aromatic rings. The van der Waals surface area contributed by atoms with Crippen LogP contribution in [0.4, 0.5) is 4.79 Å². The van der Waals surface area contributed by atoms with Gasteiger partial charge in [-0.05, 0) is 48.6 Å². The lowest BCUT2D eigenvalue weighted by Gasteiger charge is -2.42. The summed E-state index contributed by atoms with van der Waals surface area (Å²) in [6.07, 6.45) is 1.90. The number of rotatable bonds is 11. The van der Waals surface area contributed by atoms with E-state index in [2.05, 4.69) is 61.6 Å². The number of hydrogen-bond donors (Lipinski definition) is 0. The fraction of sp³-hybridized carbons (Fsp3) is 0.947. The minimum Gasteiger partial charge on any atom is -0.503 e. The van der Waals surface area contributed by atoms with E-state index in [4.69, 9.17) is 8.85 Å². The van der Waals surface area contributed by atoms with E-state index in [0.29, 0.717) is 16.6 Å². The van der Waals surface area contributed by atoms with Crippen LogP contribution in [0.3, 0.4) is 0 Å². The van der Waals surface area contributed by atoms with Gasteiger partial charge in [-0.2, -0.15) is 0 Å². The second kappa shape index (κ2) is 10.7. The van der Waals surface area contributed by atoms with Crippen LogP contribution in [-0.2, 0) is 8.85 Å². The quantitative estimate of drug-likeness (QED) is 0.392. The van der Waals surface area contributed by atoms with E-state index in [9.17, 15) is 4.79 Å². The van der Waals surface area contributed by atoms with Crippen molar-refractivity contribution >= 4 is 22.7 Å². The monoisotopic (exact) mass is 389 g/mol. The van der Waals surface area contributed by atoms with Crippen molar-refractivity contribution in [1.29, 1.82) is 0 Å². The topological polar surface area (TPSA) is 38.8 Å². The van der Waals surface area contributed by atoms with Gasteiger partial charge in [-0.15, -0.1) is 0 Å². The Morgan fingerprint density at radius 3 is 1.88 bits per heavy atom. The third-order valence-electron chi connectivity index (χ3n) is 5.25. The van der Waals surface area contributed by atoms with Crippen molar-refractivity contribution in [2.24, 2.45) is 0 Å². The average Bonchev–Trinajstić information content (AvgIpc) is 2.48. The lowest BCUT2D eigenvalue weighted by atomic mass is 10.4. The number of nitrogens with zero attached hydrogens (tertiary/aromatic N) is 1. The maximum Gasteiger partial charge on any atom is 0.395 e. The Hall–Kier alpha value is -0.336. The van der Waals surface area contributed by atoms with E-state index in [1.165, 1.54) is 0 Å². The molecule has 0 aliphatic heterocycles. The molecule has 0 atom stereocenters. The van der Waals surface area contributed by atoms with Crippen molar-refractivity contribution in [3.05, 3.63) is 0 Å². The molecule has 0 rings (SSSR count). The largest absolute Gasteiger partial charge is 0.503 e. The highest BCUT2D eigenvalue weighted by Crippen LogP contribution is 2.42. The Morgan fingerprint density at radius 1 is 1.00 bits per heavy atom. The third-order valence-corrected chi connectivity index (χ3v) is 13.7. The predicted octanol–water partition coefficient (Wildman–Crippen LogP) is 6.25. The molecule has 0 heterocycles. The normalized spacial score (nSPS) is 13.0. The van der Waals surface area contributed by atoms with Crippen LogP contribution < -0.4 is 0 Å². The number of amides is 1. The SMILES string of the molecule is CCCO[Si](C)(C)CCCN(C)C(=O)O[Si](C(C)C)(C(C)C)C(C)C. The zero-order valence-electron chi connectivity index (χ0n) is 18.4. The van der Waals surface area contributed by atoms with E-state index in [1.807, 2.05) is 7.05 Å². The second-order valence-electron chi connectivity index (χ2n) is 8.82. The first kappa shape index (κ1) is 24.7. The molecule has 0 aromatic carbocycles. The van der Waals surface area contributed by atoms with E-state index in [1.54, 1.807) is 4.90 Å². The highest BCUT2D eigenvalue weighted by atomic mass is 28.4. The Bertz CT molecular complexity index is 376. The number of carbonyl (C=O) groups excluding carboxylic acids is 1. The van der Waals surface area contributed by atoms with Crippen molar-refractivity contribution in [2.75, 3.05) is 20.2 Å². The lowest BCUT2D eigenvalue weighted by molar-refractivity contribution is 0.155. The van der Waals surface area contributed by atoms with Gasteiger partial charge in [0.15, 0.2) is 8.32 Å². The Balaban J connectivity index is 4.73. The van der Waals surface area contributed by atoms with Crippen LogP contribution in [0.2, 0.25) is 35.8 Å². The maximum atomic E-state index is 12.7. The Labute approximate surface area is 158 Å². The zero-order chi connectivity index (χ0) is 19.8. The molecule has 0 saturated carbocycles. The van der Waals surface area contributed by atoms with Crippen molar-refractivity contribution < 1.29 is 13.6 Å². The van der Waals surface area contributed by atoms with E-state index < -0.39 is 16.6 Å². The molecule has 0 N–H and O–H groups in total. The van der Waals surface area contributed by atoms with Gasteiger partial charge in [-0.1, -0.05) is 48.5 Å². The summed E-state index contributed by atoms with van der Waals surface area (Å²) in [6.45, 7) is 21.5. The molecule has 6 heteroatoms. The van der Waals surface area contributed by atoms with Gasteiger partial charge in [0.05, 0.1) is 0 Å². The van der Waals surface area contributed by atoms with Gasteiger partial charge in [0.2, 0.25) is 0 Å². The van der Waals surface area contributed by atoms with Crippen LogP contribution in [0, 0.1) is 0 Å². The zero-order valence-corrected chi connectivity index (χ0v) is 20.4. The van der Waals surface area contributed by atoms with Crippen LogP contribution in [0.1, 0.15) is 61.3 Å². The first-order chi connectivity index (χ1) is 11.4. The molecular weight excluding hydrogens is 346 g/mol. The molecule has 0 unspecified atom stereocenters. The van der Waals surface area contributed by atoms with Crippen molar-refractivity contribution in [2.45, 2.75) is 97.1 Å². The van der Waals surface area contributed by atoms with Gasteiger partial charge in [0.25, 0.3) is 8.32 Å². The molecule has 0 radical (unpaired) electrons. The molecule has 25 heavy (non-hydrogen) atoms. The van der Waals surface area contributed by atoms with Crippen molar-refractivity contribution in [1.82, 2.24) is 4.90 Å². The highest BCUT2D eigenvalue weighted by molar-refractivity contribution is 6.78.